The van der Waals surface area contributed by atoms with Crippen molar-refractivity contribution in [3.8, 4) is 5.75 Å². The number of nitrogens with zero attached hydrogens (tertiary/aromatic N) is 5. The van der Waals surface area contributed by atoms with E-state index < -0.39 is 0 Å². The van der Waals surface area contributed by atoms with E-state index in [4.69, 9.17) is 4.74 Å². The van der Waals surface area contributed by atoms with Crippen LogP contribution in [0.5, 0.6) is 5.75 Å². The molecule has 2 aromatic heterocycles. The molecule has 0 unspecified atom stereocenters. The molecule has 36 heavy (non-hydrogen) atoms. The fourth-order valence-electron chi connectivity index (χ4n) is 5.66. The molecule has 8 heteroatoms. The molecule has 0 bridgehead atoms. The Labute approximate surface area is 215 Å². The Morgan fingerprint density at radius 2 is 1.83 bits per heavy atom. The monoisotopic (exact) mass is 503 g/mol. The van der Waals surface area contributed by atoms with Crippen molar-refractivity contribution in [3.63, 3.8) is 0 Å². The van der Waals surface area contributed by atoms with E-state index in [1.165, 1.54) is 26.9 Å². The summed E-state index contributed by atoms with van der Waals surface area (Å²) in [6.45, 7) is 10.4. The van der Waals surface area contributed by atoms with Gasteiger partial charge in [-0.2, -0.15) is 0 Å². The quantitative estimate of drug-likeness (QED) is 0.399. The molecular weight excluding hydrogens is 470 g/mol. The standard InChI is InChI=1S/C28H33N5O2S/c1-3-30-11-10-24-22(18-30)25-27(36-24)29-19-33(28(25)34)17-14-31-12-15-32(16-13-31)26-21-7-5-4-6-20(21)8-9-23(26)35-2/h4-9,19H,3,10-18H2,1-2H3. The average Bonchev–Trinajstić information content (AvgIpc) is 3.31. The van der Waals surface area contributed by atoms with Gasteiger partial charge in [-0.1, -0.05) is 37.3 Å². The fourth-order valence-corrected chi connectivity index (χ4v) is 6.79. The highest BCUT2D eigenvalue weighted by Gasteiger charge is 2.24. The van der Waals surface area contributed by atoms with Gasteiger partial charge in [0.15, 0.2) is 0 Å². The van der Waals surface area contributed by atoms with E-state index in [-0.39, 0.29) is 5.56 Å². The average molecular weight is 504 g/mol. The van der Waals surface area contributed by atoms with Gasteiger partial charge in [-0.3, -0.25) is 19.2 Å². The predicted molar refractivity (Wildman–Crippen MR) is 148 cm³/mol. The molecule has 7 nitrogen and oxygen atoms in total. The number of rotatable bonds is 6. The summed E-state index contributed by atoms with van der Waals surface area (Å²) < 4.78 is 7.55. The van der Waals surface area contributed by atoms with Gasteiger partial charge in [0.1, 0.15) is 10.6 Å². The van der Waals surface area contributed by atoms with Gasteiger partial charge in [0, 0.05) is 62.6 Å². The summed E-state index contributed by atoms with van der Waals surface area (Å²) in [5.74, 6) is 0.925. The van der Waals surface area contributed by atoms with E-state index in [1.807, 2.05) is 4.57 Å². The van der Waals surface area contributed by atoms with Crippen molar-refractivity contribution < 1.29 is 4.74 Å². The Kier molecular flexibility index (Phi) is 6.41. The molecule has 4 aromatic rings. The lowest BCUT2D eigenvalue weighted by atomic mass is 10.1. The molecule has 1 saturated heterocycles. The maximum Gasteiger partial charge on any atom is 0.262 e. The van der Waals surface area contributed by atoms with Gasteiger partial charge in [-0.25, -0.2) is 4.98 Å². The van der Waals surface area contributed by atoms with Crippen molar-refractivity contribution in [2.45, 2.75) is 26.4 Å². The first-order chi connectivity index (χ1) is 17.7. The molecule has 0 atom stereocenters. The largest absolute Gasteiger partial charge is 0.495 e. The molecule has 188 valence electrons. The van der Waals surface area contributed by atoms with Crippen LogP contribution < -0.4 is 15.2 Å². The SMILES string of the molecule is CCN1CCc2sc3ncn(CCN4CCN(c5c(OC)ccc6ccccc56)CC4)c(=O)c3c2C1. The van der Waals surface area contributed by atoms with Crippen LogP contribution in [-0.2, 0) is 19.5 Å². The first kappa shape index (κ1) is 23.5. The summed E-state index contributed by atoms with van der Waals surface area (Å²) in [4.78, 5) is 27.7. The van der Waals surface area contributed by atoms with E-state index in [0.29, 0.717) is 6.54 Å². The van der Waals surface area contributed by atoms with Crippen molar-refractivity contribution in [1.82, 2.24) is 19.4 Å². The first-order valence-corrected chi connectivity index (χ1v) is 13.7. The summed E-state index contributed by atoms with van der Waals surface area (Å²) >= 11 is 1.71. The molecule has 2 aromatic carbocycles. The molecule has 0 N–H and O–H groups in total. The number of fused-ring (bicyclic) bond motifs is 4. The number of methoxy groups -OCH3 is 1. The Balaban J connectivity index is 1.16. The van der Waals surface area contributed by atoms with Crippen LogP contribution in [0.2, 0.25) is 0 Å². The highest BCUT2D eigenvalue weighted by molar-refractivity contribution is 7.18. The number of hydrogen-bond acceptors (Lipinski definition) is 7. The minimum absolute atomic E-state index is 0.120. The number of hydrogen-bond donors (Lipinski definition) is 0. The smallest absolute Gasteiger partial charge is 0.262 e. The Hall–Kier alpha value is -2.94. The van der Waals surface area contributed by atoms with Crippen LogP contribution in [0.15, 0.2) is 47.5 Å². The van der Waals surface area contributed by atoms with E-state index in [0.717, 1.165) is 74.7 Å². The molecule has 0 saturated carbocycles. The number of thiophene rings is 1. The Morgan fingerprint density at radius 3 is 2.64 bits per heavy atom. The van der Waals surface area contributed by atoms with Gasteiger partial charge in [-0.05, 0) is 30.0 Å². The molecular formula is C28H33N5O2S. The molecule has 0 amide bonds. The van der Waals surface area contributed by atoms with Crippen LogP contribution in [0.1, 0.15) is 17.4 Å². The van der Waals surface area contributed by atoms with Crippen molar-refractivity contribution >= 4 is 38.0 Å². The molecule has 6 rings (SSSR count). The zero-order valence-electron chi connectivity index (χ0n) is 21.1. The van der Waals surface area contributed by atoms with Crippen molar-refractivity contribution in [1.29, 1.82) is 0 Å². The van der Waals surface area contributed by atoms with Gasteiger partial charge >= 0.3 is 0 Å². The first-order valence-electron chi connectivity index (χ1n) is 12.9. The molecule has 0 spiro atoms. The lowest BCUT2D eigenvalue weighted by Crippen LogP contribution is -2.47. The Morgan fingerprint density at radius 1 is 1.00 bits per heavy atom. The second-order valence-electron chi connectivity index (χ2n) is 9.71. The zero-order chi connectivity index (χ0) is 24.6. The van der Waals surface area contributed by atoms with Gasteiger partial charge in [-0.15, -0.1) is 11.3 Å². The van der Waals surface area contributed by atoms with Gasteiger partial charge in [0.05, 0.1) is 24.5 Å². The molecule has 1 fully saturated rings. The summed E-state index contributed by atoms with van der Waals surface area (Å²) in [6.07, 6.45) is 2.77. The summed E-state index contributed by atoms with van der Waals surface area (Å²) in [5.41, 5.74) is 2.52. The summed E-state index contributed by atoms with van der Waals surface area (Å²) in [7, 11) is 1.75. The second kappa shape index (κ2) is 9.84. The highest BCUT2D eigenvalue weighted by Crippen LogP contribution is 2.37. The molecule has 0 radical (unpaired) electrons. The van der Waals surface area contributed by atoms with E-state index in [2.05, 4.69) is 63.0 Å². The normalized spacial score (nSPS) is 17.1. The van der Waals surface area contributed by atoms with Crippen LogP contribution in [0.25, 0.3) is 21.0 Å². The van der Waals surface area contributed by atoms with Gasteiger partial charge < -0.3 is 9.64 Å². The van der Waals surface area contributed by atoms with E-state index in [9.17, 15) is 4.79 Å². The van der Waals surface area contributed by atoms with Crippen LogP contribution >= 0.6 is 11.3 Å². The predicted octanol–water partition coefficient (Wildman–Crippen LogP) is 3.82. The topological polar surface area (TPSA) is 53.8 Å². The summed E-state index contributed by atoms with van der Waals surface area (Å²) in [6, 6.07) is 12.7. The summed E-state index contributed by atoms with van der Waals surface area (Å²) in [5, 5.41) is 3.32. The van der Waals surface area contributed by atoms with Crippen molar-refractivity contribution in [2.24, 2.45) is 0 Å². The van der Waals surface area contributed by atoms with Crippen molar-refractivity contribution in [3.05, 3.63) is 63.5 Å². The second-order valence-corrected chi connectivity index (χ2v) is 10.8. The number of aromatic nitrogens is 2. The van der Waals surface area contributed by atoms with Crippen LogP contribution in [-0.4, -0.2) is 72.3 Å². The van der Waals surface area contributed by atoms with Gasteiger partial charge in [0.2, 0.25) is 0 Å². The molecule has 4 heterocycles. The fraction of sp³-hybridized carbons (Fsp3) is 0.429. The lowest BCUT2D eigenvalue weighted by Gasteiger charge is -2.37. The number of anilines is 1. The number of benzene rings is 2. The zero-order valence-corrected chi connectivity index (χ0v) is 21.9. The van der Waals surface area contributed by atoms with E-state index in [1.54, 1.807) is 24.8 Å². The van der Waals surface area contributed by atoms with Crippen LogP contribution in [0, 0.1) is 0 Å². The third-order valence-electron chi connectivity index (χ3n) is 7.77. The van der Waals surface area contributed by atoms with Gasteiger partial charge in [0.25, 0.3) is 5.56 Å². The van der Waals surface area contributed by atoms with Crippen LogP contribution in [0.3, 0.4) is 0 Å². The lowest BCUT2D eigenvalue weighted by molar-refractivity contribution is 0.246. The number of likely N-dealkylation sites (N-methyl/N-ethyl adjacent to an activating group) is 1. The van der Waals surface area contributed by atoms with E-state index >= 15 is 0 Å². The number of piperazine rings is 1. The maximum atomic E-state index is 13.4. The molecule has 2 aliphatic heterocycles. The maximum absolute atomic E-state index is 13.4. The molecule has 0 aliphatic carbocycles. The van der Waals surface area contributed by atoms with Crippen LogP contribution in [0.4, 0.5) is 5.69 Å². The Bertz CT molecular complexity index is 1450. The molecule has 2 aliphatic rings. The highest BCUT2D eigenvalue weighted by atomic mass is 32.1. The third-order valence-corrected chi connectivity index (χ3v) is 8.97. The number of ether oxygens (including phenoxy) is 1. The third kappa shape index (κ3) is 4.17. The minimum atomic E-state index is 0.120. The minimum Gasteiger partial charge on any atom is -0.495 e. The van der Waals surface area contributed by atoms with Crippen molar-refractivity contribution in [2.75, 3.05) is 57.8 Å².